The lowest BCUT2D eigenvalue weighted by molar-refractivity contribution is -0.0489. The van der Waals surface area contributed by atoms with Crippen molar-refractivity contribution in [3.05, 3.63) is 18.6 Å². The molecule has 0 amide bonds. The van der Waals surface area contributed by atoms with E-state index in [2.05, 4.69) is 9.97 Å². The highest BCUT2D eigenvalue weighted by Gasteiger charge is 2.44. The normalized spacial score (nSPS) is 27.5. The van der Waals surface area contributed by atoms with E-state index in [1.807, 2.05) is 30.1 Å². The Morgan fingerprint density at radius 1 is 1.29 bits per heavy atom. The zero-order valence-electron chi connectivity index (χ0n) is 13.2. The number of hydrogen-bond donors (Lipinski definition) is 3. The second-order valence-corrected chi connectivity index (χ2v) is 6.64. The first-order valence-corrected chi connectivity index (χ1v) is 8.77. The number of fused-ring (bicyclic) bond motifs is 3. The van der Waals surface area contributed by atoms with E-state index in [1.165, 1.54) is 18.1 Å². The third-order valence-electron chi connectivity index (χ3n) is 4.53. The molecular weight excluding hydrogens is 332 g/mol. The Balaban J connectivity index is 2.01. The standard InChI is InChI=1S/C15H18N4O4S/c1-18-4-3-7-10(18)9-13(16-6-17-14(9)24-2)19(7)15-12(22)11(21)8(5-20)23-15/h3-4,6,8,11-12,15,20-22H,5H2,1-2H3. The lowest BCUT2D eigenvalue weighted by atomic mass is 10.1. The average Bonchev–Trinajstić information content (AvgIpc) is 3.21. The topological polar surface area (TPSA) is 106 Å². The number of ether oxygens (including phenoxy) is 1. The van der Waals surface area contributed by atoms with Gasteiger partial charge in [-0.1, -0.05) is 0 Å². The number of hydrogen-bond acceptors (Lipinski definition) is 7. The second kappa shape index (κ2) is 5.71. The van der Waals surface area contributed by atoms with E-state index < -0.39 is 24.5 Å². The molecule has 4 unspecified atom stereocenters. The molecule has 0 aliphatic carbocycles. The van der Waals surface area contributed by atoms with Gasteiger partial charge in [-0.3, -0.25) is 4.57 Å². The maximum absolute atomic E-state index is 10.4. The van der Waals surface area contributed by atoms with Gasteiger partial charge >= 0.3 is 0 Å². The van der Waals surface area contributed by atoms with E-state index in [9.17, 15) is 15.3 Å². The first kappa shape index (κ1) is 15.9. The van der Waals surface area contributed by atoms with Crippen LogP contribution in [0.25, 0.3) is 22.1 Å². The summed E-state index contributed by atoms with van der Waals surface area (Å²) in [4.78, 5) is 8.72. The predicted octanol–water partition coefficient (Wildman–Crippen LogP) is 0.256. The van der Waals surface area contributed by atoms with Crippen LogP contribution in [0.2, 0.25) is 0 Å². The molecule has 4 heterocycles. The molecule has 1 saturated heterocycles. The van der Waals surface area contributed by atoms with E-state index in [0.717, 1.165) is 21.4 Å². The van der Waals surface area contributed by atoms with Crippen LogP contribution in [-0.4, -0.2) is 65.6 Å². The number of thioether (sulfide) groups is 1. The van der Waals surface area contributed by atoms with Gasteiger partial charge < -0.3 is 24.6 Å². The smallest absolute Gasteiger partial charge is 0.165 e. The van der Waals surface area contributed by atoms with Crippen molar-refractivity contribution < 1.29 is 20.1 Å². The van der Waals surface area contributed by atoms with Crippen molar-refractivity contribution >= 4 is 33.8 Å². The molecule has 1 aliphatic heterocycles. The Morgan fingerprint density at radius 3 is 2.75 bits per heavy atom. The maximum atomic E-state index is 10.4. The van der Waals surface area contributed by atoms with Crippen LogP contribution in [-0.2, 0) is 11.8 Å². The largest absolute Gasteiger partial charge is 0.394 e. The Kier molecular flexibility index (Phi) is 3.77. The summed E-state index contributed by atoms with van der Waals surface area (Å²) in [6, 6.07) is 1.91. The molecule has 9 heteroatoms. The van der Waals surface area contributed by atoms with Gasteiger partial charge in [-0.15, -0.1) is 11.8 Å². The molecule has 128 valence electrons. The summed E-state index contributed by atoms with van der Waals surface area (Å²) in [5.41, 5.74) is 2.40. The van der Waals surface area contributed by atoms with Gasteiger partial charge in [-0.25, -0.2) is 9.97 Å². The Morgan fingerprint density at radius 2 is 2.08 bits per heavy atom. The molecule has 8 nitrogen and oxygen atoms in total. The summed E-state index contributed by atoms with van der Waals surface area (Å²) in [5, 5.41) is 31.6. The van der Waals surface area contributed by atoms with Gasteiger partial charge in [0.1, 0.15) is 35.3 Å². The molecule has 0 radical (unpaired) electrons. The lowest BCUT2D eigenvalue weighted by Crippen LogP contribution is -2.33. The molecule has 0 spiro atoms. The summed E-state index contributed by atoms with van der Waals surface area (Å²) >= 11 is 1.52. The van der Waals surface area contributed by atoms with Crippen molar-refractivity contribution in [1.29, 1.82) is 0 Å². The van der Waals surface area contributed by atoms with Gasteiger partial charge in [-0.05, 0) is 12.3 Å². The first-order chi connectivity index (χ1) is 11.6. The minimum absolute atomic E-state index is 0.364. The number of rotatable bonds is 3. The summed E-state index contributed by atoms with van der Waals surface area (Å²) in [6.45, 7) is -0.364. The molecule has 3 aromatic heterocycles. The number of aliphatic hydroxyl groups is 3. The van der Waals surface area contributed by atoms with E-state index in [1.54, 1.807) is 4.57 Å². The highest BCUT2D eigenvalue weighted by molar-refractivity contribution is 7.98. The van der Waals surface area contributed by atoms with Crippen molar-refractivity contribution in [3.8, 4) is 0 Å². The van der Waals surface area contributed by atoms with Gasteiger partial charge in [0.2, 0.25) is 0 Å². The van der Waals surface area contributed by atoms with E-state index >= 15 is 0 Å². The van der Waals surface area contributed by atoms with E-state index in [0.29, 0.717) is 5.65 Å². The van der Waals surface area contributed by atoms with E-state index in [-0.39, 0.29) is 6.61 Å². The molecule has 3 aromatic rings. The van der Waals surface area contributed by atoms with Crippen LogP contribution in [0.5, 0.6) is 0 Å². The van der Waals surface area contributed by atoms with Crippen LogP contribution in [0.3, 0.4) is 0 Å². The van der Waals surface area contributed by atoms with Crippen LogP contribution in [0.15, 0.2) is 23.6 Å². The van der Waals surface area contributed by atoms with Crippen LogP contribution in [0.1, 0.15) is 6.23 Å². The van der Waals surface area contributed by atoms with Crippen LogP contribution in [0, 0.1) is 0 Å². The molecule has 3 N–H and O–H groups in total. The second-order valence-electron chi connectivity index (χ2n) is 5.84. The quantitative estimate of drug-likeness (QED) is 0.459. The lowest BCUT2D eigenvalue weighted by Gasteiger charge is -2.18. The minimum Gasteiger partial charge on any atom is -0.394 e. The van der Waals surface area contributed by atoms with Crippen LogP contribution < -0.4 is 0 Å². The molecular formula is C15H18N4O4S. The maximum Gasteiger partial charge on any atom is 0.165 e. The number of aromatic nitrogens is 4. The van der Waals surface area contributed by atoms with Crippen LogP contribution >= 0.6 is 11.8 Å². The number of nitrogens with zero attached hydrogens (tertiary/aromatic N) is 4. The molecule has 0 aromatic carbocycles. The van der Waals surface area contributed by atoms with Crippen LogP contribution in [0.4, 0.5) is 0 Å². The summed E-state index contributed by atoms with van der Waals surface area (Å²) in [7, 11) is 1.93. The van der Waals surface area contributed by atoms with Gasteiger partial charge in [-0.2, -0.15) is 0 Å². The van der Waals surface area contributed by atoms with Crippen molar-refractivity contribution in [2.75, 3.05) is 12.9 Å². The molecule has 1 fully saturated rings. The average molecular weight is 350 g/mol. The highest BCUT2D eigenvalue weighted by atomic mass is 32.2. The van der Waals surface area contributed by atoms with Gasteiger partial charge in [0.25, 0.3) is 0 Å². The van der Waals surface area contributed by atoms with Crippen molar-refractivity contribution in [2.24, 2.45) is 7.05 Å². The third kappa shape index (κ3) is 2.02. The van der Waals surface area contributed by atoms with Crippen molar-refractivity contribution in [3.63, 3.8) is 0 Å². The van der Waals surface area contributed by atoms with Gasteiger partial charge in [0.05, 0.1) is 23.0 Å². The first-order valence-electron chi connectivity index (χ1n) is 7.54. The zero-order valence-corrected chi connectivity index (χ0v) is 14.0. The fourth-order valence-electron chi connectivity index (χ4n) is 3.39. The van der Waals surface area contributed by atoms with Gasteiger partial charge in [0.15, 0.2) is 6.23 Å². The Labute approximate surface area is 141 Å². The summed E-state index contributed by atoms with van der Waals surface area (Å²) in [5.74, 6) is 0. The third-order valence-corrected chi connectivity index (χ3v) is 5.23. The number of aryl methyl sites for hydroxylation is 1. The van der Waals surface area contributed by atoms with Crippen molar-refractivity contribution in [1.82, 2.24) is 19.1 Å². The molecule has 4 atom stereocenters. The van der Waals surface area contributed by atoms with Crippen molar-refractivity contribution in [2.45, 2.75) is 29.6 Å². The molecule has 4 rings (SSSR count). The summed E-state index contributed by atoms with van der Waals surface area (Å²) in [6.07, 6.45) is 1.36. The summed E-state index contributed by atoms with van der Waals surface area (Å²) < 4.78 is 9.46. The number of aliphatic hydroxyl groups excluding tert-OH is 3. The molecule has 0 saturated carbocycles. The minimum atomic E-state index is -1.16. The Bertz CT molecular complexity index is 908. The Hall–Kier alpha value is -1.65. The fraction of sp³-hybridized carbons (Fsp3) is 0.467. The predicted molar refractivity (Wildman–Crippen MR) is 88.8 cm³/mol. The molecule has 1 aliphatic rings. The zero-order chi connectivity index (χ0) is 17.0. The molecule has 24 heavy (non-hydrogen) atoms. The monoisotopic (exact) mass is 350 g/mol. The van der Waals surface area contributed by atoms with E-state index in [4.69, 9.17) is 4.74 Å². The molecule has 0 bridgehead atoms. The van der Waals surface area contributed by atoms with Gasteiger partial charge in [0, 0.05) is 13.2 Å². The highest BCUT2D eigenvalue weighted by Crippen LogP contribution is 2.39. The SMILES string of the molecule is CSc1ncnc2c1c1c(ccn1C)n2C1OC(CO)C(O)C1O. The fourth-order valence-corrected chi connectivity index (χ4v) is 3.93.